The van der Waals surface area contributed by atoms with Gasteiger partial charge in [-0.25, -0.2) is 4.79 Å². The van der Waals surface area contributed by atoms with Gasteiger partial charge in [0.2, 0.25) is 17.7 Å². The molecule has 184 valence electrons. The van der Waals surface area contributed by atoms with E-state index in [0.29, 0.717) is 19.4 Å². The number of nitrogens with two attached hydrogens (primary N) is 1. The number of hydrogen-bond donors (Lipinski definition) is 7. The number of amides is 3. The number of carbonyl (C=O) groups excluding carboxylic acids is 3. The molecule has 0 spiro atoms. The van der Waals surface area contributed by atoms with Gasteiger partial charge in [-0.15, -0.1) is 0 Å². The molecular weight excluding hydrogens is 478 g/mol. The molecule has 34 heavy (non-hydrogen) atoms. The van der Waals surface area contributed by atoms with Gasteiger partial charge in [0.1, 0.15) is 18.1 Å². The molecule has 1 fully saturated rings. The zero-order chi connectivity index (χ0) is 24.8. The maximum Gasteiger partial charge on any atom is 0.327 e. The number of aromatic amines is 1. The SMILES string of the molecule is NC(CS)C(=O)N1CCCC1C(=O)NC(Cc1c[nH]c2ccccc12)C(=O)NC(CS)C(=O)O. The molecular formula is C22H29N5O5S2. The van der Waals surface area contributed by atoms with Crippen molar-refractivity contribution in [3.63, 3.8) is 0 Å². The van der Waals surface area contributed by atoms with Crippen LogP contribution in [0.25, 0.3) is 10.9 Å². The van der Waals surface area contributed by atoms with E-state index in [-0.39, 0.29) is 23.8 Å². The number of carbonyl (C=O) groups is 4. The van der Waals surface area contributed by atoms with Crippen LogP contribution in [0.2, 0.25) is 0 Å². The first-order valence-corrected chi connectivity index (χ1v) is 12.2. The molecule has 0 aliphatic carbocycles. The van der Waals surface area contributed by atoms with Crippen LogP contribution in [0.15, 0.2) is 30.5 Å². The Hall–Kier alpha value is -2.70. The number of benzene rings is 1. The molecule has 1 saturated heterocycles. The van der Waals surface area contributed by atoms with Crippen molar-refractivity contribution < 1.29 is 24.3 Å². The third kappa shape index (κ3) is 5.86. The predicted octanol–water partition coefficient (Wildman–Crippen LogP) is -0.0575. The van der Waals surface area contributed by atoms with Crippen LogP contribution in [-0.4, -0.2) is 80.9 Å². The summed E-state index contributed by atoms with van der Waals surface area (Å²) in [5, 5.41) is 15.4. The zero-order valence-corrected chi connectivity index (χ0v) is 20.2. The fourth-order valence-electron chi connectivity index (χ4n) is 4.05. The number of rotatable bonds is 10. The van der Waals surface area contributed by atoms with Gasteiger partial charge in [0.25, 0.3) is 0 Å². The Morgan fingerprint density at radius 2 is 1.88 bits per heavy atom. The summed E-state index contributed by atoms with van der Waals surface area (Å²) in [6, 6.07) is 3.65. The van der Waals surface area contributed by atoms with E-state index in [2.05, 4.69) is 40.9 Å². The number of hydrogen-bond acceptors (Lipinski definition) is 7. The van der Waals surface area contributed by atoms with Gasteiger partial charge in [-0.05, 0) is 24.5 Å². The Morgan fingerprint density at radius 3 is 2.56 bits per heavy atom. The second kappa shape index (κ2) is 11.6. The normalized spacial score (nSPS) is 18.3. The lowest BCUT2D eigenvalue weighted by atomic mass is 10.0. The first kappa shape index (κ1) is 25.9. The average Bonchev–Trinajstić information content (AvgIpc) is 3.48. The number of H-pyrrole nitrogens is 1. The number of likely N-dealkylation sites (tertiary alicyclic amines) is 1. The van der Waals surface area contributed by atoms with E-state index >= 15 is 0 Å². The molecule has 6 N–H and O–H groups in total. The molecule has 0 radical (unpaired) electrons. The minimum atomic E-state index is -1.23. The first-order valence-electron chi connectivity index (χ1n) is 10.9. The Morgan fingerprint density at radius 1 is 1.15 bits per heavy atom. The maximum atomic E-state index is 13.2. The molecule has 0 bridgehead atoms. The fraction of sp³-hybridized carbons (Fsp3) is 0.455. The number of nitrogens with one attached hydrogen (secondary N) is 3. The van der Waals surface area contributed by atoms with Crippen molar-refractivity contribution in [2.24, 2.45) is 5.73 Å². The molecule has 1 aromatic heterocycles. The van der Waals surface area contributed by atoms with Crippen molar-refractivity contribution in [3.05, 3.63) is 36.0 Å². The largest absolute Gasteiger partial charge is 0.480 e. The van der Waals surface area contributed by atoms with Crippen LogP contribution in [0.4, 0.5) is 0 Å². The first-order chi connectivity index (χ1) is 16.3. The number of para-hydroxylation sites is 1. The second-order valence-corrected chi connectivity index (χ2v) is 8.92. The van der Waals surface area contributed by atoms with Crippen molar-refractivity contribution in [1.82, 2.24) is 20.5 Å². The van der Waals surface area contributed by atoms with Crippen molar-refractivity contribution in [2.45, 2.75) is 43.4 Å². The number of aromatic nitrogens is 1. The summed E-state index contributed by atoms with van der Waals surface area (Å²) in [7, 11) is 0. The molecule has 12 heteroatoms. The minimum Gasteiger partial charge on any atom is -0.480 e. The predicted molar refractivity (Wildman–Crippen MR) is 134 cm³/mol. The van der Waals surface area contributed by atoms with E-state index in [1.807, 2.05) is 24.3 Å². The molecule has 2 aromatic rings. The highest BCUT2D eigenvalue weighted by Crippen LogP contribution is 2.21. The van der Waals surface area contributed by atoms with Gasteiger partial charge in [-0.1, -0.05) is 18.2 Å². The van der Waals surface area contributed by atoms with Gasteiger partial charge in [0, 0.05) is 41.6 Å². The van der Waals surface area contributed by atoms with E-state index in [0.717, 1.165) is 16.5 Å². The standard InChI is InChI=1S/C22H29N5O5S2/c23-14(10-33)21(30)27-7-3-6-18(27)20(29)25-16(19(28)26-17(11-34)22(31)32)8-12-9-24-15-5-2-1-4-13(12)15/h1-2,4-5,9,14,16-18,24,33-34H,3,6-8,10-11,23H2,(H,25,29)(H,26,28)(H,31,32). The fourth-order valence-corrected chi connectivity index (χ4v) is 4.45. The van der Waals surface area contributed by atoms with Crippen molar-refractivity contribution >= 4 is 59.9 Å². The lowest BCUT2D eigenvalue weighted by Gasteiger charge is -2.28. The lowest BCUT2D eigenvalue weighted by molar-refractivity contribution is -0.142. The van der Waals surface area contributed by atoms with Crippen LogP contribution in [0.3, 0.4) is 0 Å². The number of carboxylic acids is 1. The number of aliphatic carboxylic acids is 1. The molecule has 4 atom stereocenters. The van der Waals surface area contributed by atoms with Crippen molar-refractivity contribution in [2.75, 3.05) is 18.1 Å². The third-order valence-electron chi connectivity index (χ3n) is 5.88. The van der Waals surface area contributed by atoms with Crippen molar-refractivity contribution in [1.29, 1.82) is 0 Å². The maximum absolute atomic E-state index is 13.2. The number of nitrogens with zero attached hydrogens (tertiary/aromatic N) is 1. The molecule has 3 amide bonds. The van der Waals surface area contributed by atoms with Crippen molar-refractivity contribution in [3.8, 4) is 0 Å². The summed E-state index contributed by atoms with van der Waals surface area (Å²) < 4.78 is 0. The van der Waals surface area contributed by atoms with Gasteiger partial charge >= 0.3 is 5.97 Å². The summed E-state index contributed by atoms with van der Waals surface area (Å²) in [5.41, 5.74) is 7.47. The molecule has 3 rings (SSSR count). The van der Waals surface area contributed by atoms with Gasteiger partial charge in [0.15, 0.2) is 0 Å². The summed E-state index contributed by atoms with van der Waals surface area (Å²) in [4.78, 5) is 54.8. The molecule has 0 saturated carbocycles. The van der Waals surface area contributed by atoms with Gasteiger partial charge in [-0.3, -0.25) is 14.4 Å². The summed E-state index contributed by atoms with van der Waals surface area (Å²) in [6.45, 7) is 0.387. The van der Waals surface area contributed by atoms with Crippen LogP contribution in [0.1, 0.15) is 18.4 Å². The number of thiol groups is 2. The second-order valence-electron chi connectivity index (χ2n) is 8.19. The van der Waals surface area contributed by atoms with Crippen LogP contribution in [0, 0.1) is 0 Å². The minimum absolute atomic E-state index is 0.110. The van der Waals surface area contributed by atoms with Crippen LogP contribution in [0.5, 0.6) is 0 Å². The number of carboxylic acid groups (broad SMARTS) is 1. The summed E-state index contributed by atoms with van der Waals surface area (Å²) in [5.74, 6) is -2.70. The van der Waals surface area contributed by atoms with Gasteiger partial charge in [-0.2, -0.15) is 25.3 Å². The highest BCUT2D eigenvalue weighted by Gasteiger charge is 2.37. The Bertz CT molecular complexity index is 1060. The quantitative estimate of drug-likeness (QED) is 0.223. The van der Waals surface area contributed by atoms with Gasteiger partial charge in [0.05, 0.1) is 6.04 Å². The number of fused-ring (bicyclic) bond motifs is 1. The van der Waals surface area contributed by atoms with E-state index in [1.54, 1.807) is 6.20 Å². The summed E-state index contributed by atoms with van der Waals surface area (Å²) in [6.07, 6.45) is 2.94. The monoisotopic (exact) mass is 507 g/mol. The highest BCUT2D eigenvalue weighted by atomic mass is 32.1. The van der Waals surface area contributed by atoms with Crippen LogP contribution >= 0.6 is 25.3 Å². The molecule has 1 aliphatic rings. The highest BCUT2D eigenvalue weighted by molar-refractivity contribution is 7.80. The molecule has 2 heterocycles. The topological polar surface area (TPSA) is 158 Å². The van der Waals surface area contributed by atoms with Gasteiger partial charge < -0.3 is 31.4 Å². The Labute approximate surface area is 207 Å². The summed E-state index contributed by atoms with van der Waals surface area (Å²) >= 11 is 8.05. The molecule has 10 nitrogen and oxygen atoms in total. The molecule has 1 aromatic carbocycles. The zero-order valence-electron chi connectivity index (χ0n) is 18.4. The average molecular weight is 508 g/mol. The third-order valence-corrected chi connectivity index (χ3v) is 6.64. The van der Waals surface area contributed by atoms with E-state index < -0.39 is 42.0 Å². The Balaban J connectivity index is 1.82. The van der Waals surface area contributed by atoms with Crippen LogP contribution < -0.4 is 16.4 Å². The molecule has 1 aliphatic heterocycles. The smallest absolute Gasteiger partial charge is 0.327 e. The van der Waals surface area contributed by atoms with E-state index in [9.17, 15) is 24.3 Å². The van der Waals surface area contributed by atoms with Crippen LogP contribution in [-0.2, 0) is 25.6 Å². The lowest BCUT2D eigenvalue weighted by Crippen LogP contribution is -2.57. The molecule has 4 unspecified atom stereocenters. The Kier molecular flexibility index (Phi) is 8.86. The van der Waals surface area contributed by atoms with E-state index in [4.69, 9.17) is 5.73 Å². The van der Waals surface area contributed by atoms with E-state index in [1.165, 1.54) is 4.90 Å².